The number of rotatable bonds is 9. The average molecular weight is 212 g/mol. The molecule has 0 N–H and O–H groups in total. The van der Waals surface area contributed by atoms with Crippen LogP contribution in [0.4, 0.5) is 0 Å². The first kappa shape index (κ1) is 14.4. The largest absolute Gasteiger partial charge is 0.383 e. The third kappa shape index (κ3) is 9.71. The quantitative estimate of drug-likeness (QED) is 0.588. The first-order valence-electron chi connectivity index (χ1n) is 5.79. The van der Waals surface area contributed by atoms with E-state index in [0.29, 0.717) is 6.42 Å². The lowest BCUT2D eigenvalue weighted by atomic mass is 10.1. The molecule has 3 nitrogen and oxygen atoms in total. The van der Waals surface area contributed by atoms with Gasteiger partial charge in [-0.25, -0.2) is 0 Å². The van der Waals surface area contributed by atoms with E-state index >= 15 is 0 Å². The van der Waals surface area contributed by atoms with Crippen molar-refractivity contribution < 1.29 is 4.74 Å². The second-order valence-corrected chi connectivity index (χ2v) is 4.28. The number of nitrogens with zero attached hydrogens (tertiary/aromatic N) is 2. The number of methoxy groups -OCH3 is 1. The second-order valence-electron chi connectivity index (χ2n) is 4.28. The Kier molecular flexibility index (Phi) is 9.55. The van der Waals surface area contributed by atoms with Crippen LogP contribution < -0.4 is 0 Å². The first-order chi connectivity index (χ1) is 7.20. The molecule has 0 amide bonds. The molecule has 0 radical (unpaired) electrons. The summed E-state index contributed by atoms with van der Waals surface area (Å²) in [5.74, 6) is 0.769. The standard InChI is InChI=1S/C12H24N2O/c1-12(2)6-4-8-14(9-5-7-13)10-11-15-3/h12H,4-6,8-11H2,1-3H3. The molecule has 0 atom stereocenters. The lowest BCUT2D eigenvalue weighted by Gasteiger charge is -2.20. The molecule has 0 rings (SSSR count). The Morgan fingerprint density at radius 3 is 2.53 bits per heavy atom. The van der Waals surface area contributed by atoms with Crippen LogP contribution in [-0.2, 0) is 4.74 Å². The zero-order valence-electron chi connectivity index (χ0n) is 10.3. The van der Waals surface area contributed by atoms with Crippen molar-refractivity contribution >= 4 is 0 Å². The van der Waals surface area contributed by atoms with Crippen LogP contribution in [0.3, 0.4) is 0 Å². The van der Waals surface area contributed by atoms with E-state index in [0.717, 1.165) is 32.2 Å². The summed E-state index contributed by atoms with van der Waals surface area (Å²) in [6, 6.07) is 2.19. The molecule has 0 aromatic heterocycles. The van der Waals surface area contributed by atoms with Crippen LogP contribution in [0.15, 0.2) is 0 Å². The van der Waals surface area contributed by atoms with Gasteiger partial charge in [0.15, 0.2) is 0 Å². The van der Waals surface area contributed by atoms with Crippen molar-refractivity contribution in [3.8, 4) is 6.07 Å². The zero-order valence-corrected chi connectivity index (χ0v) is 10.3. The van der Waals surface area contributed by atoms with Gasteiger partial charge >= 0.3 is 0 Å². The highest BCUT2D eigenvalue weighted by molar-refractivity contribution is 4.72. The summed E-state index contributed by atoms with van der Waals surface area (Å²) in [5.41, 5.74) is 0. The lowest BCUT2D eigenvalue weighted by molar-refractivity contribution is 0.147. The third-order valence-electron chi connectivity index (χ3n) is 2.41. The summed E-state index contributed by atoms with van der Waals surface area (Å²) in [6.45, 7) is 8.15. The molecule has 88 valence electrons. The third-order valence-corrected chi connectivity index (χ3v) is 2.41. The van der Waals surface area contributed by atoms with Crippen molar-refractivity contribution in [1.29, 1.82) is 5.26 Å². The lowest BCUT2D eigenvalue weighted by Crippen LogP contribution is -2.29. The maximum atomic E-state index is 8.55. The summed E-state index contributed by atoms with van der Waals surface area (Å²) in [5, 5.41) is 8.55. The zero-order chi connectivity index (χ0) is 11.5. The van der Waals surface area contributed by atoms with Crippen molar-refractivity contribution in [3.63, 3.8) is 0 Å². The van der Waals surface area contributed by atoms with Crippen molar-refractivity contribution in [3.05, 3.63) is 0 Å². The topological polar surface area (TPSA) is 36.3 Å². The van der Waals surface area contributed by atoms with E-state index in [1.807, 2.05) is 0 Å². The van der Waals surface area contributed by atoms with Gasteiger partial charge < -0.3 is 9.64 Å². The van der Waals surface area contributed by atoms with Crippen molar-refractivity contribution in [1.82, 2.24) is 4.90 Å². The minimum Gasteiger partial charge on any atom is -0.383 e. The number of hydrogen-bond donors (Lipinski definition) is 0. The van der Waals surface area contributed by atoms with Gasteiger partial charge in [0.2, 0.25) is 0 Å². The van der Waals surface area contributed by atoms with Gasteiger partial charge in [-0.2, -0.15) is 5.26 Å². The van der Waals surface area contributed by atoms with Gasteiger partial charge in [-0.15, -0.1) is 0 Å². The second kappa shape index (κ2) is 9.95. The van der Waals surface area contributed by atoms with Gasteiger partial charge in [0.1, 0.15) is 0 Å². The van der Waals surface area contributed by atoms with Crippen LogP contribution >= 0.6 is 0 Å². The van der Waals surface area contributed by atoms with Crippen LogP contribution in [0, 0.1) is 17.2 Å². The summed E-state index contributed by atoms with van der Waals surface area (Å²) in [7, 11) is 1.72. The first-order valence-corrected chi connectivity index (χ1v) is 5.79. The molecule has 0 spiro atoms. The molecule has 0 heterocycles. The van der Waals surface area contributed by atoms with Gasteiger partial charge in [-0.1, -0.05) is 13.8 Å². The Morgan fingerprint density at radius 1 is 1.27 bits per heavy atom. The molecule has 0 aliphatic carbocycles. The Labute approximate surface area is 94.0 Å². The van der Waals surface area contributed by atoms with E-state index in [4.69, 9.17) is 10.00 Å². The summed E-state index contributed by atoms with van der Waals surface area (Å²) in [4.78, 5) is 2.31. The maximum Gasteiger partial charge on any atom is 0.0635 e. The summed E-state index contributed by atoms with van der Waals surface area (Å²) in [6.07, 6.45) is 3.09. The summed E-state index contributed by atoms with van der Waals surface area (Å²) >= 11 is 0. The molecule has 0 saturated carbocycles. The molecule has 0 fully saturated rings. The van der Waals surface area contributed by atoms with Crippen LogP contribution in [-0.4, -0.2) is 38.3 Å². The average Bonchev–Trinajstić information content (AvgIpc) is 2.20. The Morgan fingerprint density at radius 2 is 2.00 bits per heavy atom. The van der Waals surface area contributed by atoms with E-state index in [2.05, 4.69) is 24.8 Å². The van der Waals surface area contributed by atoms with Crippen LogP contribution in [0.1, 0.15) is 33.1 Å². The van der Waals surface area contributed by atoms with E-state index < -0.39 is 0 Å². The predicted octanol–water partition coefficient (Wildman–Crippen LogP) is 2.28. The Bertz CT molecular complexity index is 175. The van der Waals surface area contributed by atoms with Gasteiger partial charge in [0.25, 0.3) is 0 Å². The van der Waals surface area contributed by atoms with E-state index in [9.17, 15) is 0 Å². The van der Waals surface area contributed by atoms with Gasteiger partial charge in [-0.3, -0.25) is 0 Å². The van der Waals surface area contributed by atoms with E-state index in [-0.39, 0.29) is 0 Å². The number of nitriles is 1. The fourth-order valence-corrected chi connectivity index (χ4v) is 1.49. The van der Waals surface area contributed by atoms with Crippen molar-refractivity contribution in [2.45, 2.75) is 33.1 Å². The van der Waals surface area contributed by atoms with Crippen molar-refractivity contribution in [2.24, 2.45) is 5.92 Å². The van der Waals surface area contributed by atoms with Crippen molar-refractivity contribution in [2.75, 3.05) is 33.4 Å². The number of hydrogen-bond acceptors (Lipinski definition) is 3. The van der Waals surface area contributed by atoms with Crippen LogP contribution in [0.2, 0.25) is 0 Å². The highest BCUT2D eigenvalue weighted by Crippen LogP contribution is 2.05. The molecule has 0 aliphatic heterocycles. The molecule has 15 heavy (non-hydrogen) atoms. The normalized spacial score (nSPS) is 10.9. The Hall–Kier alpha value is -0.590. The molecule has 0 aliphatic rings. The summed E-state index contributed by atoms with van der Waals surface area (Å²) < 4.78 is 5.06. The van der Waals surface area contributed by atoms with Crippen LogP contribution in [0.25, 0.3) is 0 Å². The fourth-order valence-electron chi connectivity index (χ4n) is 1.49. The molecular weight excluding hydrogens is 188 g/mol. The molecule has 0 aromatic carbocycles. The highest BCUT2D eigenvalue weighted by Gasteiger charge is 2.04. The van der Waals surface area contributed by atoms with Gasteiger partial charge in [-0.05, 0) is 25.3 Å². The highest BCUT2D eigenvalue weighted by atomic mass is 16.5. The van der Waals surface area contributed by atoms with E-state index in [1.165, 1.54) is 12.8 Å². The number of ether oxygens (including phenoxy) is 1. The SMILES string of the molecule is COCCN(CCC#N)CCCC(C)C. The monoisotopic (exact) mass is 212 g/mol. The minimum atomic E-state index is 0.616. The Balaban J connectivity index is 3.64. The molecule has 0 unspecified atom stereocenters. The van der Waals surface area contributed by atoms with Crippen LogP contribution in [0.5, 0.6) is 0 Å². The molecule has 0 saturated heterocycles. The molecule has 0 bridgehead atoms. The smallest absolute Gasteiger partial charge is 0.0635 e. The van der Waals surface area contributed by atoms with Gasteiger partial charge in [0, 0.05) is 26.6 Å². The van der Waals surface area contributed by atoms with Gasteiger partial charge in [0.05, 0.1) is 12.7 Å². The fraction of sp³-hybridized carbons (Fsp3) is 0.917. The molecule has 0 aromatic rings. The predicted molar refractivity (Wildman–Crippen MR) is 62.6 cm³/mol. The van der Waals surface area contributed by atoms with E-state index in [1.54, 1.807) is 7.11 Å². The molecule has 3 heteroatoms. The maximum absolute atomic E-state index is 8.55. The molecular formula is C12H24N2O. The minimum absolute atomic E-state index is 0.616.